The molecule has 1 aliphatic heterocycles. The van der Waals surface area contributed by atoms with Gasteiger partial charge in [0.05, 0.1) is 24.0 Å². The molecule has 35 heavy (non-hydrogen) atoms. The number of rotatable bonds is 6. The molecule has 8 nitrogen and oxygen atoms in total. The quantitative estimate of drug-likeness (QED) is 0.464. The van der Waals surface area contributed by atoms with Crippen molar-refractivity contribution in [3.05, 3.63) is 76.7 Å². The minimum Gasteiger partial charge on any atom is -0.460 e. The number of hydrogen-bond acceptors (Lipinski definition) is 5. The van der Waals surface area contributed by atoms with Crippen LogP contribution in [0.5, 0.6) is 5.75 Å². The van der Waals surface area contributed by atoms with Gasteiger partial charge < -0.3 is 15.0 Å². The van der Waals surface area contributed by atoms with Crippen LogP contribution in [-0.4, -0.2) is 46.2 Å². The van der Waals surface area contributed by atoms with Gasteiger partial charge in [-0.05, 0) is 35.9 Å². The number of piperazine rings is 1. The van der Waals surface area contributed by atoms with E-state index in [0.717, 1.165) is 28.0 Å². The molecule has 4 aromatic rings. The number of para-hydroxylation sites is 1. The zero-order valence-corrected chi connectivity index (χ0v) is 19.6. The number of carbonyl (C=O) groups is 1. The van der Waals surface area contributed by atoms with Gasteiger partial charge in [0.2, 0.25) is 12.3 Å². The average molecular weight is 476 g/mol. The van der Waals surface area contributed by atoms with E-state index < -0.39 is 6.36 Å². The number of carbonyl (C=O) groups excluding carboxylic acids is 1. The van der Waals surface area contributed by atoms with Crippen molar-refractivity contribution >= 4 is 22.6 Å². The van der Waals surface area contributed by atoms with Gasteiger partial charge in [-0.25, -0.2) is 9.37 Å². The second-order valence-corrected chi connectivity index (χ2v) is 8.56. The van der Waals surface area contributed by atoms with Gasteiger partial charge in [0.25, 0.3) is 5.56 Å². The smallest absolute Gasteiger partial charge is 0.274 e. The van der Waals surface area contributed by atoms with Crippen molar-refractivity contribution in [1.82, 2.24) is 19.7 Å². The number of pyridine rings is 1. The van der Waals surface area contributed by atoms with Crippen molar-refractivity contribution in [2.75, 3.05) is 24.5 Å². The highest BCUT2D eigenvalue weighted by molar-refractivity contribution is 5.85. The fraction of sp³-hybridized carbons (Fsp3) is 0.269. The summed E-state index contributed by atoms with van der Waals surface area (Å²) in [6, 6.07) is 16.8. The number of amides is 1. The van der Waals surface area contributed by atoms with Gasteiger partial charge in [0.15, 0.2) is 0 Å². The van der Waals surface area contributed by atoms with Crippen molar-refractivity contribution in [3.63, 3.8) is 0 Å². The number of benzene rings is 2. The van der Waals surface area contributed by atoms with Crippen molar-refractivity contribution in [2.45, 2.75) is 19.8 Å². The van der Waals surface area contributed by atoms with Gasteiger partial charge in [-0.3, -0.25) is 19.0 Å². The molecule has 1 N–H and O–H groups in total. The molecule has 1 aliphatic rings. The summed E-state index contributed by atoms with van der Waals surface area (Å²) in [5.74, 6) is 1.18. The van der Waals surface area contributed by atoms with E-state index in [9.17, 15) is 14.0 Å². The third kappa shape index (κ3) is 4.49. The fourth-order valence-electron chi connectivity index (χ4n) is 4.41. The number of ether oxygens (including phenoxy) is 1. The van der Waals surface area contributed by atoms with E-state index in [1.165, 1.54) is 6.92 Å². The van der Waals surface area contributed by atoms with Gasteiger partial charge in [-0.15, -0.1) is 0 Å². The first-order chi connectivity index (χ1) is 16.9. The van der Waals surface area contributed by atoms with Crippen LogP contribution < -0.4 is 20.5 Å². The number of fused-ring (bicyclic) bond motifs is 1. The monoisotopic (exact) mass is 475 g/mol. The maximum absolute atomic E-state index is 13.5. The molecular weight excluding hydrogens is 449 g/mol. The van der Waals surface area contributed by atoms with Crippen LogP contribution in [0.4, 0.5) is 10.2 Å². The van der Waals surface area contributed by atoms with Crippen LogP contribution in [0, 0.1) is 0 Å². The lowest BCUT2D eigenvalue weighted by Crippen LogP contribution is -2.48. The average Bonchev–Trinajstić information content (AvgIpc) is 3.09. The first kappa shape index (κ1) is 22.6. The van der Waals surface area contributed by atoms with Gasteiger partial charge in [0, 0.05) is 44.4 Å². The van der Waals surface area contributed by atoms with Crippen LogP contribution in [0.3, 0.4) is 0 Å². The molecule has 1 saturated heterocycles. The Morgan fingerprint density at radius 1 is 1.11 bits per heavy atom. The fourth-order valence-corrected chi connectivity index (χ4v) is 4.41. The van der Waals surface area contributed by atoms with Crippen LogP contribution in [0.2, 0.25) is 0 Å². The van der Waals surface area contributed by atoms with E-state index in [2.05, 4.69) is 10.3 Å². The summed E-state index contributed by atoms with van der Waals surface area (Å²) in [6.07, 6.45) is 0.336. The van der Waals surface area contributed by atoms with E-state index in [-0.39, 0.29) is 11.5 Å². The number of anilines is 1. The minimum absolute atomic E-state index is 0.0115. The van der Waals surface area contributed by atoms with Gasteiger partial charge in [0.1, 0.15) is 11.6 Å². The van der Waals surface area contributed by atoms with E-state index in [4.69, 9.17) is 4.74 Å². The number of hydrogen-bond donors (Lipinski definition) is 1. The molecule has 0 saturated carbocycles. The molecule has 1 unspecified atom stereocenters. The Morgan fingerprint density at radius 3 is 2.66 bits per heavy atom. The van der Waals surface area contributed by atoms with Crippen molar-refractivity contribution < 1.29 is 13.9 Å². The lowest BCUT2D eigenvalue weighted by Gasteiger charge is -2.27. The summed E-state index contributed by atoms with van der Waals surface area (Å²) in [6.45, 7) is 3.29. The Morgan fingerprint density at radius 2 is 1.91 bits per heavy atom. The molecule has 9 heteroatoms. The molecule has 1 fully saturated rings. The maximum Gasteiger partial charge on any atom is 0.274 e. The zero-order valence-electron chi connectivity index (χ0n) is 19.6. The first-order valence-corrected chi connectivity index (χ1v) is 11.5. The lowest BCUT2D eigenvalue weighted by atomic mass is 10.1. The van der Waals surface area contributed by atoms with Crippen molar-refractivity contribution in [2.24, 2.45) is 7.05 Å². The third-order valence-electron chi connectivity index (χ3n) is 6.19. The van der Waals surface area contributed by atoms with Crippen LogP contribution in [0.25, 0.3) is 22.0 Å². The molecule has 0 spiro atoms. The highest BCUT2D eigenvalue weighted by Gasteiger charge is 2.18. The largest absolute Gasteiger partial charge is 0.460 e. The molecule has 1 amide bonds. The van der Waals surface area contributed by atoms with Crippen LogP contribution in [0.1, 0.15) is 12.5 Å². The standard InChI is InChI=1S/C26H26FN5O3/c1-17(27)35-23-6-4-3-5-20(23)15-32-22-13-18(7-9-21(22)26(34)30(32)2)19-8-10-24(29-14-19)31-12-11-28-25(33)16-31/h3-10,13-14,17H,11-12,15-16H2,1-2H3,(H,28,33). The Kier molecular flexibility index (Phi) is 5.98. The molecular formula is C26H26FN5O3. The normalized spacial score (nSPS) is 14.7. The summed E-state index contributed by atoms with van der Waals surface area (Å²) in [5, 5.41) is 3.41. The van der Waals surface area contributed by atoms with Gasteiger partial charge in [-0.1, -0.05) is 24.3 Å². The topological polar surface area (TPSA) is 81.4 Å². The van der Waals surface area contributed by atoms with Crippen molar-refractivity contribution in [3.8, 4) is 16.9 Å². The van der Waals surface area contributed by atoms with Crippen molar-refractivity contribution in [1.29, 1.82) is 0 Å². The van der Waals surface area contributed by atoms with E-state index >= 15 is 0 Å². The maximum atomic E-state index is 13.5. The van der Waals surface area contributed by atoms with Crippen LogP contribution >= 0.6 is 0 Å². The zero-order chi connectivity index (χ0) is 24.5. The second-order valence-electron chi connectivity index (χ2n) is 8.56. The third-order valence-corrected chi connectivity index (χ3v) is 6.19. The number of nitrogens with one attached hydrogen (secondary N) is 1. The number of aromatic nitrogens is 3. The summed E-state index contributed by atoms with van der Waals surface area (Å²) in [5.41, 5.74) is 3.23. The Bertz CT molecular complexity index is 1440. The van der Waals surface area contributed by atoms with Gasteiger partial charge >= 0.3 is 0 Å². The molecule has 3 heterocycles. The molecule has 1 atom stereocenters. The summed E-state index contributed by atoms with van der Waals surface area (Å²) in [7, 11) is 1.72. The first-order valence-electron chi connectivity index (χ1n) is 11.5. The Balaban J connectivity index is 1.49. The van der Waals surface area contributed by atoms with Crippen LogP contribution in [0.15, 0.2) is 65.6 Å². The highest BCUT2D eigenvalue weighted by Crippen LogP contribution is 2.27. The van der Waals surface area contributed by atoms with Crippen LogP contribution in [-0.2, 0) is 18.4 Å². The summed E-state index contributed by atoms with van der Waals surface area (Å²) >= 11 is 0. The Hall–Kier alpha value is -4.14. The molecule has 0 aliphatic carbocycles. The predicted molar refractivity (Wildman–Crippen MR) is 132 cm³/mol. The van der Waals surface area contributed by atoms with Gasteiger partial charge in [-0.2, -0.15) is 0 Å². The molecule has 2 aromatic heterocycles. The Labute approximate surface area is 201 Å². The number of alkyl halides is 1. The molecule has 180 valence electrons. The molecule has 0 radical (unpaired) electrons. The molecule has 0 bridgehead atoms. The molecule has 5 rings (SSSR count). The van der Waals surface area contributed by atoms with E-state index in [1.54, 1.807) is 30.1 Å². The summed E-state index contributed by atoms with van der Waals surface area (Å²) < 4.78 is 22.3. The highest BCUT2D eigenvalue weighted by atomic mass is 19.1. The van der Waals surface area contributed by atoms with E-state index in [0.29, 0.717) is 37.3 Å². The number of halogens is 1. The lowest BCUT2D eigenvalue weighted by molar-refractivity contribution is -0.120. The minimum atomic E-state index is -1.44. The predicted octanol–water partition coefficient (Wildman–Crippen LogP) is 3.08. The van der Waals surface area contributed by atoms with E-state index in [1.807, 2.05) is 52.0 Å². The number of nitrogens with zero attached hydrogens (tertiary/aromatic N) is 4. The second kappa shape index (κ2) is 9.25. The molecule has 2 aromatic carbocycles. The summed E-state index contributed by atoms with van der Waals surface area (Å²) in [4.78, 5) is 31.1. The SMILES string of the molecule is CC(F)Oc1ccccc1Cn1c2cc(-c3ccc(N4CCNC(=O)C4)nc3)ccc2c(=O)n1C.